The lowest BCUT2D eigenvalue weighted by Crippen LogP contribution is -2.08. The number of halogens is 2. The van der Waals surface area contributed by atoms with Crippen LogP contribution in [0.1, 0.15) is 25.0 Å². The Morgan fingerprint density at radius 1 is 0.667 bits per heavy atom. The summed E-state index contributed by atoms with van der Waals surface area (Å²) in [5.41, 5.74) is 3.36. The molecule has 0 amide bonds. The van der Waals surface area contributed by atoms with Crippen molar-refractivity contribution in [1.29, 1.82) is 0 Å². The Labute approximate surface area is 237 Å². The second kappa shape index (κ2) is 12.7. The SMILES string of the molecule is CCOCOc1c(-c2cc3cccc(CO)c3c(I)c2OCOCC)cc2cccc(CO)c2c1I. The standard InChI is InChI=1S/C28H28I2O6/c1-3-33-15-35-27-21(11-17-7-5-9-19(13-31)23(17)25(27)29)22-12-18-8-6-10-20(14-32)24(18)26(30)28(22)36-16-34-4-2/h5-12,31-32H,3-4,13-16H2,1-2H3. The van der Waals surface area contributed by atoms with Gasteiger partial charge in [0.2, 0.25) is 0 Å². The van der Waals surface area contributed by atoms with E-state index in [1.807, 2.05) is 50.2 Å². The van der Waals surface area contributed by atoms with Crippen molar-refractivity contribution < 1.29 is 29.2 Å². The lowest BCUT2D eigenvalue weighted by molar-refractivity contribution is 0.0210. The Hall–Kier alpha value is -1.70. The van der Waals surface area contributed by atoms with Gasteiger partial charge in [0.05, 0.1) is 20.4 Å². The first-order valence-electron chi connectivity index (χ1n) is 11.7. The molecule has 6 nitrogen and oxygen atoms in total. The molecule has 0 fully saturated rings. The number of fused-ring (bicyclic) bond motifs is 2. The summed E-state index contributed by atoms with van der Waals surface area (Å²) in [4.78, 5) is 0. The molecule has 4 rings (SSSR count). The highest BCUT2D eigenvalue weighted by Gasteiger charge is 2.23. The largest absolute Gasteiger partial charge is 0.466 e. The molecule has 4 aromatic rings. The van der Waals surface area contributed by atoms with Crippen molar-refractivity contribution >= 4 is 66.7 Å². The van der Waals surface area contributed by atoms with Gasteiger partial charge in [-0.05, 0) is 93.1 Å². The van der Waals surface area contributed by atoms with E-state index in [1.54, 1.807) is 0 Å². The zero-order valence-corrected chi connectivity index (χ0v) is 24.5. The Morgan fingerprint density at radius 2 is 1.08 bits per heavy atom. The summed E-state index contributed by atoms with van der Waals surface area (Å²) in [7, 11) is 0. The first-order valence-corrected chi connectivity index (χ1v) is 13.8. The quantitative estimate of drug-likeness (QED) is 0.104. The summed E-state index contributed by atoms with van der Waals surface area (Å²) in [5.74, 6) is 1.32. The second-order valence-electron chi connectivity index (χ2n) is 7.99. The fourth-order valence-corrected chi connectivity index (χ4v) is 6.44. The summed E-state index contributed by atoms with van der Waals surface area (Å²) in [6.07, 6.45) is 0. The molecule has 0 aliphatic heterocycles. The minimum absolute atomic E-state index is 0.0713. The summed E-state index contributed by atoms with van der Waals surface area (Å²) in [6, 6.07) is 15.9. The highest BCUT2D eigenvalue weighted by atomic mass is 127. The maximum atomic E-state index is 10.00. The zero-order chi connectivity index (χ0) is 25.7. The van der Waals surface area contributed by atoms with Crippen molar-refractivity contribution in [3.05, 3.63) is 66.8 Å². The van der Waals surface area contributed by atoms with E-state index in [-0.39, 0.29) is 26.8 Å². The monoisotopic (exact) mass is 714 g/mol. The fourth-order valence-electron chi connectivity index (χ4n) is 4.24. The molecule has 0 spiro atoms. The van der Waals surface area contributed by atoms with Crippen LogP contribution in [0.2, 0.25) is 0 Å². The molecular formula is C28H28I2O6. The molecule has 8 heteroatoms. The van der Waals surface area contributed by atoms with Gasteiger partial charge in [0.15, 0.2) is 13.6 Å². The fraction of sp³-hybridized carbons (Fsp3) is 0.286. The number of aliphatic hydroxyl groups excluding tert-OH is 2. The summed E-state index contributed by atoms with van der Waals surface area (Å²) in [6.45, 7) is 4.95. The maximum absolute atomic E-state index is 10.00. The zero-order valence-electron chi connectivity index (χ0n) is 20.1. The Balaban J connectivity index is 2.05. The minimum Gasteiger partial charge on any atom is -0.466 e. The molecule has 0 aliphatic rings. The predicted molar refractivity (Wildman–Crippen MR) is 158 cm³/mol. The molecule has 0 heterocycles. The van der Waals surface area contributed by atoms with Crippen molar-refractivity contribution in [2.45, 2.75) is 27.1 Å². The number of aliphatic hydroxyl groups is 2. The van der Waals surface area contributed by atoms with Crippen molar-refractivity contribution in [3.63, 3.8) is 0 Å². The van der Waals surface area contributed by atoms with Crippen LogP contribution in [-0.2, 0) is 22.7 Å². The molecule has 36 heavy (non-hydrogen) atoms. The Kier molecular flexibility index (Phi) is 9.65. The highest BCUT2D eigenvalue weighted by molar-refractivity contribution is 14.1. The number of hydrogen-bond acceptors (Lipinski definition) is 6. The van der Waals surface area contributed by atoms with Gasteiger partial charge in [-0.25, -0.2) is 0 Å². The average molecular weight is 714 g/mol. The van der Waals surface area contributed by atoms with Crippen molar-refractivity contribution in [3.8, 4) is 22.6 Å². The summed E-state index contributed by atoms with van der Waals surface area (Å²) >= 11 is 4.57. The van der Waals surface area contributed by atoms with Gasteiger partial charge in [0, 0.05) is 35.1 Å². The molecule has 190 valence electrons. The summed E-state index contributed by atoms with van der Waals surface area (Å²) in [5, 5.41) is 23.9. The lowest BCUT2D eigenvalue weighted by Gasteiger charge is -2.21. The van der Waals surface area contributed by atoms with E-state index in [4.69, 9.17) is 18.9 Å². The van der Waals surface area contributed by atoms with Gasteiger partial charge < -0.3 is 29.2 Å². The van der Waals surface area contributed by atoms with Gasteiger partial charge in [-0.1, -0.05) is 36.4 Å². The second-order valence-corrected chi connectivity index (χ2v) is 10.1. The van der Waals surface area contributed by atoms with Gasteiger partial charge in [0.1, 0.15) is 11.5 Å². The van der Waals surface area contributed by atoms with Crippen LogP contribution in [-0.4, -0.2) is 37.0 Å². The third kappa shape index (κ3) is 5.44. The van der Waals surface area contributed by atoms with Crippen molar-refractivity contribution in [2.75, 3.05) is 26.8 Å². The molecule has 4 aromatic carbocycles. The minimum atomic E-state index is -0.0713. The number of rotatable bonds is 11. The van der Waals surface area contributed by atoms with Crippen LogP contribution in [0, 0.1) is 7.14 Å². The average Bonchev–Trinajstić information content (AvgIpc) is 2.90. The molecular weight excluding hydrogens is 686 g/mol. The Morgan fingerprint density at radius 3 is 1.44 bits per heavy atom. The van der Waals surface area contributed by atoms with E-state index in [0.717, 1.165) is 50.9 Å². The van der Waals surface area contributed by atoms with E-state index in [9.17, 15) is 10.2 Å². The molecule has 2 N–H and O–H groups in total. The van der Waals surface area contributed by atoms with Crippen LogP contribution in [0.3, 0.4) is 0 Å². The molecule has 0 atom stereocenters. The van der Waals surface area contributed by atoms with E-state index in [0.29, 0.717) is 24.7 Å². The van der Waals surface area contributed by atoms with E-state index >= 15 is 0 Å². The normalized spacial score (nSPS) is 11.4. The van der Waals surface area contributed by atoms with Gasteiger partial charge in [-0.15, -0.1) is 0 Å². The van der Waals surface area contributed by atoms with E-state index < -0.39 is 0 Å². The lowest BCUT2D eigenvalue weighted by atomic mass is 9.94. The van der Waals surface area contributed by atoms with Crippen LogP contribution in [0.15, 0.2) is 48.5 Å². The summed E-state index contributed by atoms with van der Waals surface area (Å²) < 4.78 is 25.3. The maximum Gasteiger partial charge on any atom is 0.189 e. The Bertz CT molecular complexity index is 1270. The molecule has 0 aliphatic carbocycles. The van der Waals surface area contributed by atoms with Gasteiger partial charge in [-0.2, -0.15) is 0 Å². The third-order valence-corrected chi connectivity index (χ3v) is 7.96. The van der Waals surface area contributed by atoms with Gasteiger partial charge >= 0.3 is 0 Å². The smallest absolute Gasteiger partial charge is 0.189 e. The topological polar surface area (TPSA) is 77.4 Å². The molecule has 0 bridgehead atoms. The van der Waals surface area contributed by atoms with Crippen LogP contribution in [0.5, 0.6) is 11.5 Å². The molecule has 0 aromatic heterocycles. The van der Waals surface area contributed by atoms with E-state index in [2.05, 4.69) is 57.3 Å². The predicted octanol–water partition coefficient (Wildman–Crippen LogP) is 6.60. The van der Waals surface area contributed by atoms with E-state index in [1.165, 1.54) is 0 Å². The third-order valence-electron chi connectivity index (χ3n) is 5.90. The van der Waals surface area contributed by atoms with Crippen LogP contribution in [0.4, 0.5) is 0 Å². The van der Waals surface area contributed by atoms with Gasteiger partial charge in [-0.3, -0.25) is 0 Å². The highest BCUT2D eigenvalue weighted by Crippen LogP contribution is 2.47. The number of hydrogen-bond donors (Lipinski definition) is 2. The number of benzene rings is 4. The van der Waals surface area contributed by atoms with Crippen molar-refractivity contribution in [2.24, 2.45) is 0 Å². The van der Waals surface area contributed by atoms with Crippen molar-refractivity contribution in [1.82, 2.24) is 0 Å². The molecule has 0 saturated heterocycles. The number of ether oxygens (including phenoxy) is 4. The first-order chi connectivity index (χ1) is 17.5. The van der Waals surface area contributed by atoms with Crippen LogP contribution in [0.25, 0.3) is 32.7 Å². The first kappa shape index (κ1) is 27.3. The molecule has 0 saturated carbocycles. The molecule has 0 unspecified atom stereocenters. The van der Waals surface area contributed by atoms with Crippen LogP contribution >= 0.6 is 45.2 Å². The van der Waals surface area contributed by atoms with Gasteiger partial charge in [0.25, 0.3) is 0 Å². The van der Waals surface area contributed by atoms with Crippen LogP contribution < -0.4 is 9.47 Å². The molecule has 0 radical (unpaired) electrons.